The zero-order chi connectivity index (χ0) is 18.0. The van der Waals surface area contributed by atoms with Gasteiger partial charge >= 0.3 is 5.97 Å². The third kappa shape index (κ3) is 3.43. The SMILES string of the molecule is O=C(O)C(c1c(O)ccc2ccccc12)P(=O)(O)Cc1ccccc1. The zero-order valence-electron chi connectivity index (χ0n) is 13.2. The molecule has 0 spiro atoms. The Morgan fingerprint density at radius 3 is 2.28 bits per heavy atom. The molecule has 3 N–H and O–H groups in total. The average molecular weight is 356 g/mol. The number of hydrogen-bond donors (Lipinski definition) is 3. The minimum atomic E-state index is -4.19. The van der Waals surface area contributed by atoms with Gasteiger partial charge in [0.2, 0.25) is 7.37 Å². The van der Waals surface area contributed by atoms with Crippen molar-refractivity contribution < 1.29 is 24.5 Å². The quantitative estimate of drug-likeness (QED) is 0.597. The van der Waals surface area contributed by atoms with Gasteiger partial charge in [-0.15, -0.1) is 0 Å². The number of phenols is 1. The first-order chi connectivity index (χ1) is 11.9. The highest BCUT2D eigenvalue weighted by Gasteiger charge is 2.41. The molecule has 3 aromatic carbocycles. The minimum absolute atomic E-state index is 0.0210. The maximum absolute atomic E-state index is 13.0. The van der Waals surface area contributed by atoms with Gasteiger partial charge in [-0.25, -0.2) is 0 Å². The highest BCUT2D eigenvalue weighted by atomic mass is 31.2. The minimum Gasteiger partial charge on any atom is -0.508 e. The lowest BCUT2D eigenvalue weighted by atomic mass is 10.0. The molecular formula is C19H17O5P. The highest BCUT2D eigenvalue weighted by Crippen LogP contribution is 2.60. The first kappa shape index (κ1) is 17.2. The van der Waals surface area contributed by atoms with Crippen molar-refractivity contribution in [1.29, 1.82) is 0 Å². The molecule has 128 valence electrons. The number of aromatic hydroxyl groups is 1. The molecule has 0 bridgehead atoms. The van der Waals surface area contributed by atoms with Crippen LogP contribution in [0.2, 0.25) is 0 Å². The van der Waals surface area contributed by atoms with Crippen LogP contribution in [0.4, 0.5) is 0 Å². The second kappa shape index (κ2) is 6.71. The Kier molecular flexibility index (Phi) is 4.62. The lowest BCUT2D eigenvalue weighted by Crippen LogP contribution is -2.14. The predicted molar refractivity (Wildman–Crippen MR) is 96.0 cm³/mol. The third-order valence-electron chi connectivity index (χ3n) is 4.11. The Balaban J connectivity index is 2.16. The van der Waals surface area contributed by atoms with Crippen molar-refractivity contribution in [2.45, 2.75) is 11.8 Å². The summed E-state index contributed by atoms with van der Waals surface area (Å²) in [7, 11) is -4.19. The van der Waals surface area contributed by atoms with E-state index in [9.17, 15) is 24.5 Å². The lowest BCUT2D eigenvalue weighted by molar-refractivity contribution is -0.136. The van der Waals surface area contributed by atoms with E-state index in [2.05, 4.69) is 0 Å². The normalized spacial score (nSPS) is 14.8. The fourth-order valence-corrected chi connectivity index (χ4v) is 4.94. The molecule has 2 unspecified atom stereocenters. The van der Waals surface area contributed by atoms with Gasteiger partial charge in [-0.1, -0.05) is 60.7 Å². The molecular weight excluding hydrogens is 339 g/mol. The van der Waals surface area contributed by atoms with Gasteiger partial charge in [-0.3, -0.25) is 9.36 Å². The molecule has 0 aromatic heterocycles. The van der Waals surface area contributed by atoms with Crippen LogP contribution in [0.3, 0.4) is 0 Å². The van der Waals surface area contributed by atoms with E-state index in [1.165, 1.54) is 6.07 Å². The van der Waals surface area contributed by atoms with Crippen LogP contribution in [0.1, 0.15) is 16.8 Å². The number of rotatable bonds is 5. The number of carbonyl (C=O) groups is 1. The number of carboxylic acid groups (broad SMARTS) is 1. The van der Waals surface area contributed by atoms with Crippen molar-refractivity contribution in [3.8, 4) is 5.75 Å². The van der Waals surface area contributed by atoms with E-state index in [0.29, 0.717) is 16.3 Å². The number of hydrogen-bond acceptors (Lipinski definition) is 3. The maximum Gasteiger partial charge on any atom is 0.321 e. The first-order valence-corrected chi connectivity index (χ1v) is 9.60. The predicted octanol–water partition coefficient (Wildman–Crippen LogP) is 4.14. The van der Waals surface area contributed by atoms with E-state index in [1.807, 2.05) is 0 Å². The summed E-state index contributed by atoms with van der Waals surface area (Å²) >= 11 is 0. The second-order valence-corrected chi connectivity index (χ2v) is 8.20. The van der Waals surface area contributed by atoms with E-state index in [1.54, 1.807) is 60.7 Å². The summed E-state index contributed by atoms with van der Waals surface area (Å²) in [6.07, 6.45) is -0.284. The molecule has 3 rings (SSSR count). The molecule has 0 aliphatic carbocycles. The second-order valence-electron chi connectivity index (χ2n) is 5.86. The Morgan fingerprint density at radius 2 is 1.60 bits per heavy atom. The molecule has 2 atom stereocenters. The standard InChI is InChI=1S/C19H17O5P/c20-16-11-10-14-8-4-5-9-15(14)17(16)18(19(21)22)25(23,24)12-13-6-2-1-3-7-13/h1-11,18,20H,12H2,(H,21,22)(H,23,24). The van der Waals surface area contributed by atoms with Crippen LogP contribution < -0.4 is 0 Å². The zero-order valence-corrected chi connectivity index (χ0v) is 14.1. The number of phenolic OH excluding ortho intramolecular Hbond substituents is 1. The van der Waals surface area contributed by atoms with Gasteiger partial charge in [0.05, 0.1) is 6.16 Å². The largest absolute Gasteiger partial charge is 0.508 e. The van der Waals surface area contributed by atoms with Gasteiger partial charge in [0.25, 0.3) is 0 Å². The first-order valence-electron chi connectivity index (χ1n) is 7.69. The fourth-order valence-electron chi connectivity index (χ4n) is 3.01. The van der Waals surface area contributed by atoms with Crippen LogP contribution in [0.5, 0.6) is 5.75 Å². The van der Waals surface area contributed by atoms with Crippen molar-refractivity contribution in [1.82, 2.24) is 0 Å². The molecule has 6 heteroatoms. The number of fused-ring (bicyclic) bond motifs is 1. The fraction of sp³-hybridized carbons (Fsp3) is 0.105. The van der Waals surface area contributed by atoms with E-state index >= 15 is 0 Å². The van der Waals surface area contributed by atoms with Crippen LogP contribution >= 0.6 is 7.37 Å². The topological polar surface area (TPSA) is 94.8 Å². The molecule has 5 nitrogen and oxygen atoms in total. The van der Waals surface area contributed by atoms with Gasteiger partial charge in [-0.2, -0.15) is 0 Å². The van der Waals surface area contributed by atoms with E-state index in [0.717, 1.165) is 0 Å². The monoisotopic (exact) mass is 356 g/mol. The molecule has 0 saturated heterocycles. The van der Waals surface area contributed by atoms with Crippen LogP contribution in [0.25, 0.3) is 10.8 Å². The van der Waals surface area contributed by atoms with E-state index in [4.69, 9.17) is 0 Å². The maximum atomic E-state index is 13.0. The molecule has 0 fully saturated rings. The molecule has 0 heterocycles. The van der Waals surface area contributed by atoms with Crippen LogP contribution in [0.15, 0.2) is 66.7 Å². The average Bonchev–Trinajstić information content (AvgIpc) is 2.57. The highest BCUT2D eigenvalue weighted by molar-refractivity contribution is 7.58. The van der Waals surface area contributed by atoms with E-state index in [-0.39, 0.29) is 17.5 Å². The summed E-state index contributed by atoms with van der Waals surface area (Å²) in [5.41, 5.74) is -1.16. The van der Waals surface area contributed by atoms with Crippen molar-refractivity contribution in [2.24, 2.45) is 0 Å². The van der Waals surface area contributed by atoms with Crippen LogP contribution in [-0.4, -0.2) is 21.1 Å². The summed E-state index contributed by atoms with van der Waals surface area (Å²) in [5, 5.41) is 21.1. The summed E-state index contributed by atoms with van der Waals surface area (Å²) in [4.78, 5) is 22.5. The Labute approximate surface area is 144 Å². The lowest BCUT2D eigenvalue weighted by Gasteiger charge is -2.22. The summed E-state index contributed by atoms with van der Waals surface area (Å²) in [5.74, 6) is -1.73. The van der Waals surface area contributed by atoms with E-state index < -0.39 is 19.0 Å². The molecule has 0 radical (unpaired) electrons. The molecule has 0 aliphatic rings. The molecule has 3 aromatic rings. The van der Waals surface area contributed by atoms with Crippen LogP contribution in [0, 0.1) is 0 Å². The molecule has 0 saturated carbocycles. The van der Waals surface area contributed by atoms with Crippen molar-refractivity contribution >= 4 is 24.1 Å². The Morgan fingerprint density at radius 1 is 0.960 bits per heavy atom. The molecule has 0 aliphatic heterocycles. The summed E-state index contributed by atoms with van der Waals surface area (Å²) in [6.45, 7) is 0. The van der Waals surface area contributed by atoms with Crippen molar-refractivity contribution in [3.63, 3.8) is 0 Å². The van der Waals surface area contributed by atoms with Gasteiger partial charge in [0, 0.05) is 5.56 Å². The van der Waals surface area contributed by atoms with Crippen molar-refractivity contribution in [3.05, 3.63) is 77.9 Å². The Hall–Kier alpha value is -2.62. The van der Waals surface area contributed by atoms with Gasteiger partial charge < -0.3 is 15.1 Å². The number of carboxylic acids is 1. The molecule has 0 amide bonds. The summed E-state index contributed by atoms with van der Waals surface area (Å²) in [6, 6.07) is 18.4. The van der Waals surface area contributed by atoms with Crippen molar-refractivity contribution in [2.75, 3.05) is 0 Å². The van der Waals surface area contributed by atoms with Gasteiger partial charge in [0.1, 0.15) is 5.75 Å². The third-order valence-corrected chi connectivity index (χ3v) is 6.21. The summed E-state index contributed by atoms with van der Waals surface area (Å²) < 4.78 is 13.0. The molecule has 25 heavy (non-hydrogen) atoms. The number of benzene rings is 3. The Bertz CT molecular complexity index is 968. The van der Waals surface area contributed by atoms with Gasteiger partial charge in [-0.05, 0) is 22.4 Å². The smallest absolute Gasteiger partial charge is 0.321 e. The van der Waals surface area contributed by atoms with Gasteiger partial charge in [0.15, 0.2) is 5.66 Å². The van der Waals surface area contributed by atoms with Crippen LogP contribution in [-0.2, 0) is 15.5 Å². The number of aliphatic carboxylic acids is 1.